The fourth-order valence-corrected chi connectivity index (χ4v) is 5.82. The number of fused-ring (bicyclic) bond motifs is 1. The first-order chi connectivity index (χ1) is 16.0. The number of benzene rings is 3. The summed E-state index contributed by atoms with van der Waals surface area (Å²) in [5, 5.41) is 5.12. The molecule has 3 aromatic carbocycles. The summed E-state index contributed by atoms with van der Waals surface area (Å²) < 4.78 is 61.6. The number of anilines is 3. The van der Waals surface area contributed by atoms with Crippen LogP contribution in [0.1, 0.15) is 11.3 Å². The quantitative estimate of drug-likeness (QED) is 0.392. The Hall–Kier alpha value is -3.57. The van der Waals surface area contributed by atoms with Crippen molar-refractivity contribution in [2.24, 2.45) is 0 Å². The van der Waals surface area contributed by atoms with Crippen molar-refractivity contribution in [3.8, 4) is 0 Å². The third-order valence-corrected chi connectivity index (χ3v) is 8.22. The molecule has 178 valence electrons. The van der Waals surface area contributed by atoms with Gasteiger partial charge in [0.2, 0.25) is 5.88 Å². The summed E-state index contributed by atoms with van der Waals surface area (Å²) in [4.78, 5) is 1.99. The van der Waals surface area contributed by atoms with Crippen LogP contribution in [0.2, 0.25) is 0 Å². The summed E-state index contributed by atoms with van der Waals surface area (Å²) in [5.74, 6) is 0.0373. The Bertz CT molecular complexity index is 1580. The second-order valence-electron chi connectivity index (χ2n) is 7.98. The molecule has 0 atom stereocenters. The Morgan fingerprint density at radius 3 is 2.06 bits per heavy atom. The molecular formula is C23H24N4O5S2. The lowest BCUT2D eigenvalue weighted by atomic mass is 10.1. The Morgan fingerprint density at radius 1 is 0.794 bits per heavy atom. The molecule has 4 rings (SSSR count). The maximum atomic E-state index is 13.2. The van der Waals surface area contributed by atoms with Crippen molar-refractivity contribution in [2.45, 2.75) is 23.6 Å². The Kier molecular flexibility index (Phi) is 6.00. The van der Waals surface area contributed by atoms with Crippen LogP contribution in [-0.4, -0.2) is 36.1 Å². The lowest BCUT2D eigenvalue weighted by Crippen LogP contribution is -2.15. The molecule has 2 N–H and O–H groups in total. The van der Waals surface area contributed by atoms with E-state index in [1.807, 2.05) is 31.1 Å². The molecule has 0 amide bonds. The highest BCUT2D eigenvalue weighted by Crippen LogP contribution is 2.31. The van der Waals surface area contributed by atoms with Crippen LogP contribution in [0.25, 0.3) is 10.8 Å². The molecule has 0 aliphatic carbocycles. The molecule has 34 heavy (non-hydrogen) atoms. The fourth-order valence-electron chi connectivity index (χ4n) is 3.49. The van der Waals surface area contributed by atoms with Crippen LogP contribution in [0.5, 0.6) is 0 Å². The fraction of sp³-hybridized carbons (Fsp3) is 0.174. The molecule has 0 aliphatic rings. The number of rotatable bonds is 7. The van der Waals surface area contributed by atoms with E-state index in [4.69, 9.17) is 4.52 Å². The van der Waals surface area contributed by atoms with E-state index in [1.54, 1.807) is 32.0 Å². The SMILES string of the molecule is Cc1noc(NS(=O)(=O)c2ccc(NS(=O)(=O)c3cccc4c(N(C)C)cccc34)cc2)c1C. The van der Waals surface area contributed by atoms with Gasteiger partial charge in [0.15, 0.2) is 0 Å². The van der Waals surface area contributed by atoms with Gasteiger partial charge in [0, 0.05) is 41.8 Å². The van der Waals surface area contributed by atoms with Crippen LogP contribution in [0.15, 0.2) is 75.0 Å². The molecule has 9 nitrogen and oxygen atoms in total. The Morgan fingerprint density at radius 2 is 1.44 bits per heavy atom. The molecule has 0 bridgehead atoms. The molecule has 0 fully saturated rings. The van der Waals surface area contributed by atoms with Crippen molar-refractivity contribution in [1.82, 2.24) is 5.16 Å². The normalized spacial score (nSPS) is 12.0. The van der Waals surface area contributed by atoms with E-state index in [0.29, 0.717) is 16.6 Å². The van der Waals surface area contributed by atoms with E-state index >= 15 is 0 Å². The highest BCUT2D eigenvalue weighted by atomic mass is 32.2. The van der Waals surface area contributed by atoms with Crippen LogP contribution < -0.4 is 14.3 Å². The van der Waals surface area contributed by atoms with Crippen molar-refractivity contribution in [3.63, 3.8) is 0 Å². The van der Waals surface area contributed by atoms with Gasteiger partial charge in [0.05, 0.1) is 15.5 Å². The first-order valence-electron chi connectivity index (χ1n) is 10.3. The minimum atomic E-state index is -3.94. The van der Waals surface area contributed by atoms with Crippen LogP contribution in [0.3, 0.4) is 0 Å². The van der Waals surface area contributed by atoms with Gasteiger partial charge < -0.3 is 9.42 Å². The van der Waals surface area contributed by atoms with Gasteiger partial charge in [-0.2, -0.15) is 0 Å². The molecule has 0 saturated heterocycles. The Balaban J connectivity index is 1.61. The third-order valence-electron chi connectivity index (χ3n) is 5.43. The van der Waals surface area contributed by atoms with E-state index in [2.05, 4.69) is 14.6 Å². The zero-order chi connectivity index (χ0) is 24.7. The maximum Gasteiger partial charge on any atom is 0.264 e. The van der Waals surface area contributed by atoms with Crippen molar-refractivity contribution in [3.05, 3.63) is 71.9 Å². The molecule has 4 aromatic rings. The number of hydrogen-bond donors (Lipinski definition) is 2. The summed E-state index contributed by atoms with van der Waals surface area (Å²) in [5.41, 5.74) is 2.29. The van der Waals surface area contributed by atoms with E-state index in [1.165, 1.54) is 30.3 Å². The highest BCUT2D eigenvalue weighted by molar-refractivity contribution is 7.93. The summed E-state index contributed by atoms with van der Waals surface area (Å²) >= 11 is 0. The van der Waals surface area contributed by atoms with Crippen LogP contribution in [-0.2, 0) is 20.0 Å². The summed E-state index contributed by atoms with van der Waals surface area (Å²) in [6, 6.07) is 16.0. The highest BCUT2D eigenvalue weighted by Gasteiger charge is 2.21. The topological polar surface area (TPSA) is 122 Å². The van der Waals surface area contributed by atoms with Gasteiger partial charge in [-0.15, -0.1) is 0 Å². The van der Waals surface area contributed by atoms with Gasteiger partial charge in [0.25, 0.3) is 20.0 Å². The second-order valence-corrected chi connectivity index (χ2v) is 11.3. The molecular weight excluding hydrogens is 476 g/mol. The molecule has 0 aliphatic heterocycles. The zero-order valence-corrected chi connectivity index (χ0v) is 20.7. The van der Waals surface area contributed by atoms with Gasteiger partial charge in [0.1, 0.15) is 0 Å². The van der Waals surface area contributed by atoms with Crippen LogP contribution in [0.4, 0.5) is 17.3 Å². The van der Waals surface area contributed by atoms with E-state index in [9.17, 15) is 16.8 Å². The van der Waals surface area contributed by atoms with Gasteiger partial charge in [-0.1, -0.05) is 29.4 Å². The number of aryl methyl sites for hydroxylation is 1. The smallest absolute Gasteiger partial charge is 0.264 e. The average molecular weight is 501 g/mol. The molecule has 11 heteroatoms. The zero-order valence-electron chi connectivity index (χ0n) is 19.0. The number of sulfonamides is 2. The Labute approximate surface area is 198 Å². The third kappa shape index (κ3) is 4.44. The van der Waals surface area contributed by atoms with E-state index in [0.717, 1.165) is 11.1 Å². The molecule has 0 saturated carbocycles. The standard InChI is InChI=1S/C23H24N4O5S2/c1-15-16(2)24-32-23(15)26-33(28,29)18-13-11-17(12-14-18)25-34(30,31)22-10-6-7-19-20(22)8-5-9-21(19)27(3)4/h5-14,25-26H,1-4H3. The van der Waals surface area contributed by atoms with E-state index in [-0.39, 0.29) is 21.4 Å². The predicted octanol–water partition coefficient (Wildman–Crippen LogP) is 4.11. The minimum Gasteiger partial charge on any atom is -0.377 e. The molecule has 0 radical (unpaired) electrons. The van der Waals surface area contributed by atoms with Crippen LogP contribution in [0, 0.1) is 13.8 Å². The maximum absolute atomic E-state index is 13.2. The average Bonchev–Trinajstić information content (AvgIpc) is 3.10. The van der Waals surface area contributed by atoms with Crippen LogP contribution >= 0.6 is 0 Å². The number of nitrogens with zero attached hydrogens (tertiary/aromatic N) is 2. The molecule has 1 aromatic heterocycles. The van der Waals surface area contributed by atoms with Crippen molar-refractivity contribution in [1.29, 1.82) is 0 Å². The first kappa shape index (κ1) is 23.6. The molecule has 0 unspecified atom stereocenters. The number of aromatic nitrogens is 1. The monoisotopic (exact) mass is 500 g/mol. The predicted molar refractivity (Wildman–Crippen MR) is 132 cm³/mol. The number of hydrogen-bond acceptors (Lipinski definition) is 7. The van der Waals surface area contributed by atoms with Gasteiger partial charge in [-0.3, -0.25) is 4.72 Å². The summed E-state index contributed by atoms with van der Waals surface area (Å²) in [6.45, 7) is 3.39. The van der Waals surface area contributed by atoms with Crippen molar-refractivity contribution >= 4 is 48.1 Å². The summed E-state index contributed by atoms with van der Waals surface area (Å²) in [7, 11) is -4.10. The first-order valence-corrected chi connectivity index (χ1v) is 13.2. The molecule has 1 heterocycles. The second kappa shape index (κ2) is 8.65. The lowest BCUT2D eigenvalue weighted by molar-refractivity contribution is 0.430. The summed E-state index contributed by atoms with van der Waals surface area (Å²) in [6.07, 6.45) is 0. The minimum absolute atomic E-state index is 0.0373. The van der Waals surface area contributed by atoms with E-state index < -0.39 is 20.0 Å². The van der Waals surface area contributed by atoms with Crippen molar-refractivity contribution < 1.29 is 21.4 Å². The number of nitrogens with one attached hydrogen (secondary N) is 2. The van der Waals surface area contributed by atoms with Gasteiger partial charge in [-0.25, -0.2) is 21.6 Å². The largest absolute Gasteiger partial charge is 0.377 e. The van der Waals surface area contributed by atoms with Crippen molar-refractivity contribution in [2.75, 3.05) is 28.4 Å². The molecule has 0 spiro atoms. The van der Waals surface area contributed by atoms with Gasteiger partial charge >= 0.3 is 0 Å². The van der Waals surface area contributed by atoms with Gasteiger partial charge in [-0.05, 0) is 50.2 Å². The lowest BCUT2D eigenvalue weighted by Gasteiger charge is -2.17.